The molecule has 5 N–H and O–H groups in total. The monoisotopic (exact) mass is 388 g/mol. The van der Waals surface area contributed by atoms with E-state index in [1.54, 1.807) is 0 Å². The lowest BCUT2D eigenvalue weighted by atomic mass is 10.2. The van der Waals surface area contributed by atoms with E-state index in [1.807, 2.05) is 19.2 Å². The molecule has 0 bridgehead atoms. The van der Waals surface area contributed by atoms with E-state index in [4.69, 9.17) is 23.1 Å². The third-order valence-electron chi connectivity index (χ3n) is 4.31. The van der Waals surface area contributed by atoms with E-state index in [2.05, 4.69) is 50.4 Å². The fourth-order valence-electron chi connectivity index (χ4n) is 3.07. The molecule has 142 valence electrons. The molecule has 8 nitrogen and oxygen atoms in total. The highest BCUT2D eigenvalue weighted by molar-refractivity contribution is 6.31. The van der Waals surface area contributed by atoms with Crippen molar-refractivity contribution < 1.29 is 9.36 Å². The maximum Gasteiger partial charge on any atom is 0.276 e. The minimum absolute atomic E-state index is 0.00539. The summed E-state index contributed by atoms with van der Waals surface area (Å²) in [4.78, 5) is 20.3. The summed E-state index contributed by atoms with van der Waals surface area (Å²) in [6, 6.07) is 8.14. The number of fused-ring (bicyclic) bond motifs is 1. The van der Waals surface area contributed by atoms with Gasteiger partial charge in [-0.2, -0.15) is 0 Å². The summed E-state index contributed by atoms with van der Waals surface area (Å²) in [6.07, 6.45) is 0. The number of hydrogen-bond acceptors (Lipinski definition) is 5. The van der Waals surface area contributed by atoms with Gasteiger partial charge in [-0.1, -0.05) is 37.6 Å². The molecule has 1 amide bonds. The SMILES string of the molecule is CC(C)Cn1c(CNC(=O)c2nc(Cl)c(N)nc2N)[n+](C)c2ccccc21. The van der Waals surface area contributed by atoms with Crippen molar-refractivity contribution in [1.29, 1.82) is 0 Å². The van der Waals surface area contributed by atoms with Gasteiger partial charge in [-0.05, 0) is 18.1 Å². The number of nitrogens with two attached hydrogens (primary N) is 2. The van der Waals surface area contributed by atoms with Crippen molar-refractivity contribution in [1.82, 2.24) is 19.9 Å². The van der Waals surface area contributed by atoms with Gasteiger partial charge in [0.05, 0.1) is 13.6 Å². The molecule has 0 fully saturated rings. The number of nitrogen functional groups attached to an aromatic ring is 2. The highest BCUT2D eigenvalue weighted by atomic mass is 35.5. The van der Waals surface area contributed by atoms with Crippen LogP contribution in [0.1, 0.15) is 30.2 Å². The summed E-state index contributed by atoms with van der Waals surface area (Å²) in [6.45, 7) is 5.45. The Balaban J connectivity index is 1.92. The molecule has 0 saturated carbocycles. The largest absolute Gasteiger partial charge is 0.382 e. The number of nitrogens with zero attached hydrogens (tertiary/aromatic N) is 4. The maximum absolute atomic E-state index is 12.6. The van der Waals surface area contributed by atoms with Crippen LogP contribution >= 0.6 is 11.6 Å². The highest BCUT2D eigenvalue weighted by Gasteiger charge is 2.24. The van der Waals surface area contributed by atoms with E-state index < -0.39 is 5.91 Å². The molecule has 0 aliphatic heterocycles. The average molecular weight is 389 g/mol. The predicted octanol–water partition coefficient (Wildman–Crippen LogP) is 1.66. The zero-order valence-corrected chi connectivity index (χ0v) is 16.3. The van der Waals surface area contributed by atoms with Gasteiger partial charge in [0, 0.05) is 0 Å². The van der Waals surface area contributed by atoms with Gasteiger partial charge in [-0.25, -0.2) is 19.1 Å². The normalized spacial score (nSPS) is 11.3. The number of nitrogens with one attached hydrogen (secondary N) is 1. The van der Waals surface area contributed by atoms with E-state index in [9.17, 15) is 4.79 Å². The molecule has 2 heterocycles. The Bertz CT molecular complexity index is 1010. The molecular weight excluding hydrogens is 366 g/mol. The van der Waals surface area contributed by atoms with Crippen molar-refractivity contribution in [2.24, 2.45) is 13.0 Å². The molecule has 9 heteroatoms. The Kier molecular flexibility index (Phi) is 5.18. The Morgan fingerprint density at radius 2 is 1.96 bits per heavy atom. The standard InChI is InChI=1S/C18H22ClN7O/c1-10(2)9-26-12-7-5-4-6-11(12)25(3)13(26)8-22-18(27)14-16(20)24-17(21)15(19)23-14/h4-7,10H,8-9H2,1-3H3,(H4-,20,21,22,24,27)/p+1. The minimum atomic E-state index is -0.455. The van der Waals surface area contributed by atoms with Gasteiger partial charge in [-0.3, -0.25) is 4.79 Å². The lowest BCUT2D eigenvalue weighted by molar-refractivity contribution is -0.654. The number of aromatic nitrogens is 4. The van der Waals surface area contributed by atoms with Crippen LogP contribution in [-0.4, -0.2) is 20.4 Å². The number of aryl methyl sites for hydroxylation is 1. The topological polar surface area (TPSA) is 116 Å². The van der Waals surface area contributed by atoms with E-state index in [0.29, 0.717) is 12.5 Å². The molecule has 0 aliphatic rings. The number of rotatable bonds is 5. The number of carbonyl (C=O) groups excluding carboxylic acids is 1. The fraction of sp³-hybridized carbons (Fsp3) is 0.333. The first-order valence-corrected chi connectivity index (χ1v) is 9.00. The van der Waals surface area contributed by atoms with Crippen molar-refractivity contribution >= 4 is 40.2 Å². The summed E-state index contributed by atoms with van der Waals surface area (Å²) in [5.41, 5.74) is 13.5. The molecule has 3 aromatic rings. The lowest BCUT2D eigenvalue weighted by Gasteiger charge is -2.09. The van der Waals surface area contributed by atoms with Gasteiger partial charge in [0.1, 0.15) is 6.54 Å². The second kappa shape index (κ2) is 7.40. The van der Waals surface area contributed by atoms with Gasteiger partial charge >= 0.3 is 0 Å². The second-order valence-electron chi connectivity index (χ2n) is 6.78. The quantitative estimate of drug-likeness (QED) is 0.575. The van der Waals surface area contributed by atoms with Gasteiger partial charge in [0.25, 0.3) is 11.7 Å². The molecule has 0 unspecified atom stereocenters. The summed E-state index contributed by atoms with van der Waals surface area (Å²) in [5.74, 6) is 0.901. The molecule has 3 rings (SSSR count). The maximum atomic E-state index is 12.6. The number of amides is 1. The third-order valence-corrected chi connectivity index (χ3v) is 4.59. The van der Waals surface area contributed by atoms with Crippen LogP contribution in [0, 0.1) is 5.92 Å². The molecule has 1 aromatic carbocycles. The van der Waals surface area contributed by atoms with Crippen LogP contribution in [0.15, 0.2) is 24.3 Å². The Hall–Kier alpha value is -2.87. The number of benzene rings is 1. The zero-order valence-electron chi connectivity index (χ0n) is 15.5. The van der Waals surface area contributed by atoms with Gasteiger partial charge in [0.2, 0.25) is 0 Å². The van der Waals surface area contributed by atoms with Gasteiger partial charge < -0.3 is 16.8 Å². The smallest absolute Gasteiger partial charge is 0.276 e. The van der Waals surface area contributed by atoms with Crippen molar-refractivity contribution in [3.63, 3.8) is 0 Å². The van der Waals surface area contributed by atoms with Crippen molar-refractivity contribution in [2.45, 2.75) is 26.9 Å². The van der Waals surface area contributed by atoms with Crippen LogP contribution in [0.25, 0.3) is 11.0 Å². The van der Waals surface area contributed by atoms with Crippen molar-refractivity contribution in [3.8, 4) is 0 Å². The first kappa shape index (κ1) is 18.9. The number of para-hydroxylation sites is 2. The van der Waals surface area contributed by atoms with Gasteiger partial charge in [0.15, 0.2) is 33.5 Å². The van der Waals surface area contributed by atoms with Crippen molar-refractivity contribution in [3.05, 3.63) is 40.9 Å². The molecule has 0 radical (unpaired) electrons. The van der Waals surface area contributed by atoms with Crippen molar-refractivity contribution in [2.75, 3.05) is 11.5 Å². The van der Waals surface area contributed by atoms with Crippen LogP contribution in [0.4, 0.5) is 11.6 Å². The molecule has 2 aromatic heterocycles. The molecular formula is C18H23ClN7O+. The molecule has 27 heavy (non-hydrogen) atoms. The fourth-order valence-corrected chi connectivity index (χ4v) is 3.20. The number of carbonyl (C=O) groups is 1. The Morgan fingerprint density at radius 1 is 1.26 bits per heavy atom. The van der Waals surface area contributed by atoms with Crippen LogP contribution in [0.2, 0.25) is 5.15 Å². The Labute approximate surface area is 162 Å². The number of anilines is 2. The highest BCUT2D eigenvalue weighted by Crippen LogP contribution is 2.18. The molecule has 0 atom stereocenters. The average Bonchev–Trinajstić information content (AvgIpc) is 2.88. The predicted molar refractivity (Wildman–Crippen MR) is 105 cm³/mol. The molecule has 0 aliphatic carbocycles. The summed E-state index contributed by atoms with van der Waals surface area (Å²) in [5, 5.41) is 2.81. The zero-order chi connectivity index (χ0) is 19.7. The first-order chi connectivity index (χ1) is 12.8. The number of hydrogen-bond donors (Lipinski definition) is 3. The second-order valence-corrected chi connectivity index (χ2v) is 7.14. The number of imidazole rings is 1. The summed E-state index contributed by atoms with van der Waals surface area (Å²) < 4.78 is 4.29. The minimum Gasteiger partial charge on any atom is -0.382 e. The molecule has 0 saturated heterocycles. The van der Waals surface area contributed by atoms with Crippen LogP contribution in [0.5, 0.6) is 0 Å². The molecule has 0 spiro atoms. The van der Waals surface area contributed by atoms with Crippen LogP contribution in [0.3, 0.4) is 0 Å². The van der Waals surface area contributed by atoms with Crippen LogP contribution in [-0.2, 0) is 20.1 Å². The van der Waals surface area contributed by atoms with E-state index in [-0.39, 0.29) is 22.5 Å². The van der Waals surface area contributed by atoms with E-state index in [0.717, 1.165) is 23.4 Å². The van der Waals surface area contributed by atoms with Crippen LogP contribution < -0.4 is 21.4 Å². The van der Waals surface area contributed by atoms with E-state index >= 15 is 0 Å². The summed E-state index contributed by atoms with van der Waals surface area (Å²) in [7, 11) is 1.98. The lowest BCUT2D eigenvalue weighted by Crippen LogP contribution is -2.38. The van der Waals surface area contributed by atoms with E-state index in [1.165, 1.54) is 0 Å². The van der Waals surface area contributed by atoms with Gasteiger partial charge in [-0.15, -0.1) is 0 Å². The number of halogens is 1. The first-order valence-electron chi connectivity index (χ1n) is 8.62. The third kappa shape index (κ3) is 3.66. The summed E-state index contributed by atoms with van der Waals surface area (Å²) >= 11 is 5.87. The Morgan fingerprint density at radius 3 is 2.67 bits per heavy atom.